The van der Waals surface area contributed by atoms with Crippen LogP contribution in [0.4, 0.5) is 5.69 Å². The van der Waals surface area contributed by atoms with Gasteiger partial charge in [-0.3, -0.25) is 0 Å². The molecule has 130 valence electrons. The molecule has 1 spiro atoms. The molecule has 0 saturated heterocycles. The highest BCUT2D eigenvalue weighted by Gasteiger charge is 2.52. The van der Waals surface area contributed by atoms with Gasteiger partial charge in [-0.2, -0.15) is 0 Å². The number of thiophene rings is 1. The molecule has 1 aliphatic heterocycles. The smallest absolute Gasteiger partial charge is 0.103 e. The number of aromatic nitrogens is 1. The van der Waals surface area contributed by atoms with Crippen molar-refractivity contribution in [2.75, 3.05) is 4.90 Å². The Morgan fingerprint density at radius 2 is 1.84 bits per heavy atom. The first-order valence-electron chi connectivity index (χ1n) is 9.56. The molecule has 3 aromatic rings. The maximum absolute atomic E-state index is 2.78. The summed E-state index contributed by atoms with van der Waals surface area (Å²) in [6.45, 7) is 4.69. The van der Waals surface area contributed by atoms with E-state index in [0.717, 1.165) is 0 Å². The predicted octanol–water partition coefficient (Wildman–Crippen LogP) is 6.29. The minimum atomic E-state index is 0.173. The molecule has 1 fully saturated rings. The van der Waals surface area contributed by atoms with Gasteiger partial charge in [0, 0.05) is 23.7 Å². The lowest BCUT2D eigenvalue weighted by atomic mass is 9.78. The zero-order valence-electron chi connectivity index (χ0n) is 15.4. The third-order valence-electron chi connectivity index (χ3n) is 6.59. The number of nitrogens with zero attached hydrogens (tertiary/aromatic N) is 2. The van der Waals surface area contributed by atoms with Crippen LogP contribution in [0.2, 0.25) is 0 Å². The van der Waals surface area contributed by atoms with E-state index in [0.29, 0.717) is 6.04 Å². The first kappa shape index (κ1) is 15.5. The second-order valence-electron chi connectivity index (χ2n) is 7.89. The van der Waals surface area contributed by atoms with Gasteiger partial charge in [0.1, 0.15) is 4.83 Å². The molecule has 1 aliphatic carbocycles. The number of fused-ring (bicyclic) bond motifs is 4. The Bertz CT molecular complexity index is 942. The fraction of sp³-hybridized carbons (Fsp3) is 0.455. The Kier molecular flexibility index (Phi) is 3.34. The number of aryl methyl sites for hydroxylation is 2. The Labute approximate surface area is 154 Å². The van der Waals surface area contributed by atoms with Crippen LogP contribution in [-0.4, -0.2) is 4.57 Å². The van der Waals surface area contributed by atoms with Crippen molar-refractivity contribution in [3.05, 3.63) is 52.5 Å². The van der Waals surface area contributed by atoms with Crippen LogP contribution in [0.5, 0.6) is 0 Å². The number of rotatable bonds is 1. The number of anilines is 1. The average molecular weight is 351 g/mol. The molecule has 2 aliphatic rings. The summed E-state index contributed by atoms with van der Waals surface area (Å²) in [4.78, 5) is 4.23. The monoisotopic (exact) mass is 350 g/mol. The van der Waals surface area contributed by atoms with Crippen molar-refractivity contribution in [2.24, 2.45) is 7.05 Å². The number of hydrogen-bond donors (Lipinski definition) is 0. The summed E-state index contributed by atoms with van der Waals surface area (Å²) >= 11 is 1.89. The zero-order chi connectivity index (χ0) is 17.2. The maximum Gasteiger partial charge on any atom is 0.103 e. The Morgan fingerprint density at radius 1 is 1.08 bits per heavy atom. The van der Waals surface area contributed by atoms with Gasteiger partial charge in [0.05, 0.1) is 17.3 Å². The van der Waals surface area contributed by atoms with Gasteiger partial charge in [-0.25, -0.2) is 0 Å². The highest BCUT2D eigenvalue weighted by molar-refractivity contribution is 7.16. The van der Waals surface area contributed by atoms with Crippen LogP contribution in [0.1, 0.15) is 61.9 Å². The molecular formula is C22H26N2S. The molecule has 5 rings (SSSR count). The van der Waals surface area contributed by atoms with E-state index in [1.807, 2.05) is 11.3 Å². The SMILES string of the molecule is Cc1ccccc1N1[C@@H](C)c2c(n(C)c3sccc23)C12CCCCC2. The van der Waals surface area contributed by atoms with E-state index in [1.54, 1.807) is 11.3 Å². The summed E-state index contributed by atoms with van der Waals surface area (Å²) in [5.41, 5.74) is 6.19. The predicted molar refractivity (Wildman–Crippen MR) is 108 cm³/mol. The fourth-order valence-electron chi connectivity index (χ4n) is 5.66. The van der Waals surface area contributed by atoms with E-state index < -0.39 is 0 Å². The molecule has 3 heteroatoms. The third kappa shape index (κ3) is 1.90. The minimum absolute atomic E-state index is 0.173. The van der Waals surface area contributed by atoms with E-state index in [4.69, 9.17) is 0 Å². The third-order valence-corrected chi connectivity index (χ3v) is 7.58. The van der Waals surface area contributed by atoms with Gasteiger partial charge in [-0.05, 0) is 49.8 Å². The summed E-state index contributed by atoms with van der Waals surface area (Å²) < 4.78 is 2.52. The summed E-state index contributed by atoms with van der Waals surface area (Å²) in [7, 11) is 2.29. The molecular weight excluding hydrogens is 324 g/mol. The summed E-state index contributed by atoms with van der Waals surface area (Å²) in [6, 6.07) is 11.7. The van der Waals surface area contributed by atoms with E-state index in [2.05, 4.69) is 66.1 Å². The standard InChI is InChI=1S/C22H26N2S/c1-15-9-5-6-10-18(15)24-16(2)19-17-11-14-25-21(17)23(3)20(19)22(24)12-7-4-8-13-22/h5-6,9-11,14,16H,4,7-8,12-13H2,1-3H3/t16-/m0/s1. The van der Waals surface area contributed by atoms with Crippen LogP contribution in [-0.2, 0) is 12.6 Å². The molecule has 1 aromatic carbocycles. The molecule has 1 atom stereocenters. The minimum Gasteiger partial charge on any atom is -0.353 e. The molecule has 0 bridgehead atoms. The second-order valence-corrected chi connectivity index (χ2v) is 8.78. The Hall–Kier alpha value is -1.74. The molecule has 0 radical (unpaired) electrons. The van der Waals surface area contributed by atoms with Gasteiger partial charge >= 0.3 is 0 Å². The van der Waals surface area contributed by atoms with Crippen molar-refractivity contribution in [3.8, 4) is 0 Å². The molecule has 2 aromatic heterocycles. The van der Waals surface area contributed by atoms with Crippen molar-refractivity contribution < 1.29 is 0 Å². The lowest BCUT2D eigenvalue weighted by Gasteiger charge is -2.46. The van der Waals surface area contributed by atoms with Crippen molar-refractivity contribution >= 4 is 27.2 Å². The van der Waals surface area contributed by atoms with Gasteiger partial charge in [-0.1, -0.05) is 37.5 Å². The first-order chi connectivity index (χ1) is 12.1. The second kappa shape index (κ2) is 5.38. The number of para-hydroxylation sites is 1. The largest absolute Gasteiger partial charge is 0.353 e. The van der Waals surface area contributed by atoms with Gasteiger partial charge in [-0.15, -0.1) is 11.3 Å². The summed E-state index contributed by atoms with van der Waals surface area (Å²) in [5, 5.41) is 3.73. The average Bonchev–Trinajstić information content (AvgIpc) is 3.25. The molecule has 0 unspecified atom stereocenters. The van der Waals surface area contributed by atoms with Gasteiger partial charge < -0.3 is 9.47 Å². The van der Waals surface area contributed by atoms with Gasteiger partial charge in [0.15, 0.2) is 0 Å². The van der Waals surface area contributed by atoms with Crippen LogP contribution in [0.15, 0.2) is 35.7 Å². The normalized spacial score (nSPS) is 22.0. The van der Waals surface area contributed by atoms with E-state index in [1.165, 1.54) is 53.6 Å². The lowest BCUT2D eigenvalue weighted by Crippen LogP contribution is -2.45. The highest BCUT2D eigenvalue weighted by Crippen LogP contribution is 2.58. The van der Waals surface area contributed by atoms with Crippen LogP contribution >= 0.6 is 11.3 Å². The molecule has 25 heavy (non-hydrogen) atoms. The quantitative estimate of drug-likeness (QED) is 0.501. The van der Waals surface area contributed by atoms with Crippen LogP contribution in [0.25, 0.3) is 10.2 Å². The molecule has 1 saturated carbocycles. The number of benzene rings is 1. The molecule has 2 nitrogen and oxygen atoms in total. The van der Waals surface area contributed by atoms with E-state index >= 15 is 0 Å². The van der Waals surface area contributed by atoms with Crippen LogP contribution in [0, 0.1) is 6.92 Å². The Morgan fingerprint density at radius 3 is 2.60 bits per heavy atom. The first-order valence-corrected chi connectivity index (χ1v) is 10.4. The zero-order valence-corrected chi connectivity index (χ0v) is 16.2. The van der Waals surface area contributed by atoms with Crippen molar-refractivity contribution in [1.82, 2.24) is 4.57 Å². The topological polar surface area (TPSA) is 8.17 Å². The summed E-state index contributed by atoms with van der Waals surface area (Å²) in [5.74, 6) is 0. The lowest BCUT2D eigenvalue weighted by molar-refractivity contribution is 0.273. The van der Waals surface area contributed by atoms with Gasteiger partial charge in [0.25, 0.3) is 0 Å². The van der Waals surface area contributed by atoms with E-state index in [-0.39, 0.29) is 5.54 Å². The fourth-order valence-corrected chi connectivity index (χ4v) is 6.55. The van der Waals surface area contributed by atoms with Gasteiger partial charge in [0.2, 0.25) is 0 Å². The molecule has 0 amide bonds. The van der Waals surface area contributed by atoms with E-state index in [9.17, 15) is 0 Å². The Balaban J connectivity index is 1.81. The molecule has 0 N–H and O–H groups in total. The summed E-state index contributed by atoms with van der Waals surface area (Å²) in [6.07, 6.45) is 6.63. The molecule has 3 heterocycles. The van der Waals surface area contributed by atoms with Crippen molar-refractivity contribution in [3.63, 3.8) is 0 Å². The van der Waals surface area contributed by atoms with Crippen LogP contribution < -0.4 is 4.90 Å². The highest BCUT2D eigenvalue weighted by atomic mass is 32.1. The number of hydrogen-bond acceptors (Lipinski definition) is 2. The van der Waals surface area contributed by atoms with Crippen molar-refractivity contribution in [2.45, 2.75) is 57.5 Å². The van der Waals surface area contributed by atoms with Crippen molar-refractivity contribution in [1.29, 1.82) is 0 Å². The maximum atomic E-state index is 2.78. The van der Waals surface area contributed by atoms with Crippen LogP contribution in [0.3, 0.4) is 0 Å².